The van der Waals surface area contributed by atoms with Crippen LogP contribution in [-0.4, -0.2) is 31.2 Å². The molecule has 2 rings (SSSR count). The molecule has 1 aliphatic carbocycles. The highest BCUT2D eigenvalue weighted by Gasteiger charge is 2.29. The third-order valence-corrected chi connectivity index (χ3v) is 3.12. The second-order valence-electron chi connectivity index (χ2n) is 5.31. The van der Waals surface area contributed by atoms with Crippen LogP contribution in [0.2, 0.25) is 0 Å². The Morgan fingerprint density at radius 1 is 1.09 bits per heavy atom. The fraction of sp³-hybridized carbons (Fsp3) is 0.467. The lowest BCUT2D eigenvalue weighted by Gasteiger charge is -2.09. The van der Waals surface area contributed by atoms with Crippen LogP contribution in [0.15, 0.2) is 24.3 Å². The minimum Gasteiger partial charge on any atom is -0.372 e. The quantitative estimate of drug-likeness (QED) is 0.755. The van der Waals surface area contributed by atoms with Gasteiger partial charge in [-0.05, 0) is 37.1 Å². The van der Waals surface area contributed by atoms with Crippen molar-refractivity contribution in [3.8, 4) is 0 Å². The largest absolute Gasteiger partial charge is 0.411 e. The van der Waals surface area contributed by atoms with Crippen molar-refractivity contribution in [1.29, 1.82) is 0 Å². The SMILES string of the molecule is O=C(CCOCC(F)(F)F)Nc1ccc(NC(=O)C2CC2)cc1. The number of benzene rings is 1. The summed E-state index contributed by atoms with van der Waals surface area (Å²) >= 11 is 0. The van der Waals surface area contributed by atoms with Gasteiger partial charge in [0.2, 0.25) is 11.8 Å². The molecule has 2 amide bonds. The Kier molecular flexibility index (Phi) is 5.59. The molecule has 1 aromatic rings. The first-order valence-electron chi connectivity index (χ1n) is 7.19. The fourth-order valence-corrected chi connectivity index (χ4v) is 1.80. The number of halogens is 3. The average Bonchev–Trinajstić information content (AvgIpc) is 3.29. The van der Waals surface area contributed by atoms with E-state index in [1.165, 1.54) is 0 Å². The highest BCUT2D eigenvalue weighted by molar-refractivity contribution is 5.95. The molecule has 0 spiro atoms. The number of ether oxygens (including phenoxy) is 1. The van der Waals surface area contributed by atoms with Crippen LogP contribution in [0.5, 0.6) is 0 Å². The molecule has 0 atom stereocenters. The van der Waals surface area contributed by atoms with E-state index >= 15 is 0 Å². The summed E-state index contributed by atoms with van der Waals surface area (Å²) in [6.45, 7) is -1.67. The molecular weight excluding hydrogens is 313 g/mol. The van der Waals surface area contributed by atoms with Gasteiger partial charge < -0.3 is 15.4 Å². The molecule has 2 N–H and O–H groups in total. The molecule has 0 radical (unpaired) electrons. The fourth-order valence-electron chi connectivity index (χ4n) is 1.80. The number of carbonyl (C=O) groups excluding carboxylic acids is 2. The molecule has 5 nitrogen and oxygen atoms in total. The van der Waals surface area contributed by atoms with Crippen molar-refractivity contribution < 1.29 is 27.5 Å². The van der Waals surface area contributed by atoms with Gasteiger partial charge >= 0.3 is 6.18 Å². The number of hydrogen-bond acceptors (Lipinski definition) is 3. The van der Waals surface area contributed by atoms with Crippen LogP contribution < -0.4 is 10.6 Å². The van der Waals surface area contributed by atoms with Gasteiger partial charge in [-0.15, -0.1) is 0 Å². The smallest absolute Gasteiger partial charge is 0.372 e. The monoisotopic (exact) mass is 330 g/mol. The molecular formula is C15H17F3N2O3. The third-order valence-electron chi connectivity index (χ3n) is 3.12. The van der Waals surface area contributed by atoms with E-state index in [2.05, 4.69) is 15.4 Å². The van der Waals surface area contributed by atoms with Crippen molar-refractivity contribution in [2.75, 3.05) is 23.8 Å². The van der Waals surface area contributed by atoms with Crippen LogP contribution in [0, 0.1) is 5.92 Å². The first-order chi connectivity index (χ1) is 10.8. The Labute approximate surface area is 131 Å². The molecule has 0 heterocycles. The van der Waals surface area contributed by atoms with Crippen molar-refractivity contribution in [1.82, 2.24) is 0 Å². The molecule has 1 aliphatic rings. The van der Waals surface area contributed by atoms with Crippen molar-refractivity contribution in [3.05, 3.63) is 24.3 Å². The standard InChI is InChI=1S/C15H17F3N2O3/c16-15(17,18)9-23-8-7-13(21)19-11-3-5-12(6-4-11)20-14(22)10-1-2-10/h3-6,10H,1-2,7-9H2,(H,19,21)(H,20,22). The number of nitrogens with one attached hydrogen (secondary N) is 2. The summed E-state index contributed by atoms with van der Waals surface area (Å²) in [5.74, 6) is -0.350. The lowest BCUT2D eigenvalue weighted by Crippen LogP contribution is -2.20. The second-order valence-corrected chi connectivity index (χ2v) is 5.31. The van der Waals surface area contributed by atoms with E-state index in [0.29, 0.717) is 11.4 Å². The van der Waals surface area contributed by atoms with Crippen LogP contribution in [-0.2, 0) is 14.3 Å². The summed E-state index contributed by atoms with van der Waals surface area (Å²) in [6, 6.07) is 6.51. The molecule has 1 saturated carbocycles. The van der Waals surface area contributed by atoms with Gasteiger partial charge in [0.15, 0.2) is 0 Å². The zero-order valence-electron chi connectivity index (χ0n) is 12.3. The summed E-state index contributed by atoms with van der Waals surface area (Å²) in [5.41, 5.74) is 1.13. The predicted molar refractivity (Wildman–Crippen MR) is 77.9 cm³/mol. The molecule has 23 heavy (non-hydrogen) atoms. The van der Waals surface area contributed by atoms with E-state index in [4.69, 9.17) is 0 Å². The van der Waals surface area contributed by atoms with Gasteiger partial charge in [0.25, 0.3) is 0 Å². The van der Waals surface area contributed by atoms with Gasteiger partial charge in [0.1, 0.15) is 6.61 Å². The van der Waals surface area contributed by atoms with Gasteiger partial charge in [0, 0.05) is 17.3 Å². The number of amides is 2. The Morgan fingerprint density at radius 2 is 1.65 bits per heavy atom. The first kappa shape index (κ1) is 17.3. The lowest BCUT2D eigenvalue weighted by atomic mass is 10.2. The summed E-state index contributed by atoms with van der Waals surface area (Å²) in [7, 11) is 0. The normalized spacial score (nSPS) is 14.4. The molecule has 126 valence electrons. The van der Waals surface area contributed by atoms with E-state index in [1.54, 1.807) is 24.3 Å². The van der Waals surface area contributed by atoms with Crippen LogP contribution in [0.25, 0.3) is 0 Å². The maximum absolute atomic E-state index is 11.9. The Hall–Kier alpha value is -2.09. The van der Waals surface area contributed by atoms with Gasteiger partial charge in [0.05, 0.1) is 13.0 Å². The Bertz CT molecular complexity index is 554. The Balaban J connectivity index is 1.70. The maximum atomic E-state index is 11.9. The summed E-state index contributed by atoms with van der Waals surface area (Å²) < 4.78 is 39.9. The minimum absolute atomic E-state index is 0.0106. The number of carbonyl (C=O) groups is 2. The molecule has 0 aliphatic heterocycles. The topological polar surface area (TPSA) is 67.4 Å². The molecule has 0 aromatic heterocycles. The van der Waals surface area contributed by atoms with Gasteiger partial charge in [-0.2, -0.15) is 13.2 Å². The highest BCUT2D eigenvalue weighted by Crippen LogP contribution is 2.30. The number of hydrogen-bond donors (Lipinski definition) is 2. The van der Waals surface area contributed by atoms with E-state index in [1.807, 2.05) is 0 Å². The number of rotatable bonds is 7. The molecule has 0 saturated heterocycles. The van der Waals surface area contributed by atoms with Crippen LogP contribution in [0.1, 0.15) is 19.3 Å². The average molecular weight is 330 g/mol. The molecule has 8 heteroatoms. The van der Waals surface area contributed by atoms with Crippen molar-refractivity contribution in [2.24, 2.45) is 5.92 Å². The number of anilines is 2. The Morgan fingerprint density at radius 3 is 2.17 bits per heavy atom. The van der Waals surface area contributed by atoms with Crippen molar-refractivity contribution >= 4 is 23.2 Å². The molecule has 0 unspecified atom stereocenters. The first-order valence-corrected chi connectivity index (χ1v) is 7.19. The summed E-state index contributed by atoms with van der Waals surface area (Å²) in [6.07, 6.45) is -2.74. The van der Waals surface area contributed by atoms with Crippen LogP contribution in [0.4, 0.5) is 24.5 Å². The zero-order chi connectivity index (χ0) is 16.9. The predicted octanol–water partition coefficient (Wildman–Crippen LogP) is 2.94. The van der Waals surface area contributed by atoms with Gasteiger partial charge in [-0.25, -0.2) is 0 Å². The number of alkyl halides is 3. The summed E-state index contributed by atoms with van der Waals surface area (Å²) in [5, 5.41) is 5.30. The second kappa shape index (κ2) is 7.45. The van der Waals surface area contributed by atoms with E-state index in [-0.39, 0.29) is 24.9 Å². The molecule has 0 bridgehead atoms. The minimum atomic E-state index is -4.39. The van der Waals surface area contributed by atoms with Gasteiger partial charge in [-0.1, -0.05) is 0 Å². The third kappa shape index (κ3) is 6.68. The van der Waals surface area contributed by atoms with E-state index in [0.717, 1.165) is 12.8 Å². The van der Waals surface area contributed by atoms with Gasteiger partial charge in [-0.3, -0.25) is 9.59 Å². The zero-order valence-corrected chi connectivity index (χ0v) is 12.3. The molecule has 1 fully saturated rings. The maximum Gasteiger partial charge on any atom is 0.411 e. The van der Waals surface area contributed by atoms with E-state index < -0.39 is 18.7 Å². The van der Waals surface area contributed by atoms with Crippen molar-refractivity contribution in [3.63, 3.8) is 0 Å². The molecule has 1 aromatic carbocycles. The lowest BCUT2D eigenvalue weighted by molar-refractivity contribution is -0.174. The highest BCUT2D eigenvalue weighted by atomic mass is 19.4. The van der Waals surface area contributed by atoms with Crippen LogP contribution >= 0.6 is 0 Å². The van der Waals surface area contributed by atoms with E-state index in [9.17, 15) is 22.8 Å². The summed E-state index contributed by atoms with van der Waals surface area (Å²) in [4.78, 5) is 23.1. The van der Waals surface area contributed by atoms with Crippen LogP contribution in [0.3, 0.4) is 0 Å². The van der Waals surface area contributed by atoms with Crippen molar-refractivity contribution in [2.45, 2.75) is 25.4 Å².